The van der Waals surface area contributed by atoms with Crippen LogP contribution in [0.4, 0.5) is 17.5 Å². The molecule has 2 heterocycles. The Labute approximate surface area is 170 Å². The Bertz CT molecular complexity index is 1090. The lowest BCUT2D eigenvalue weighted by Crippen LogP contribution is -2.11. The van der Waals surface area contributed by atoms with E-state index in [0.717, 1.165) is 53.6 Å². The first-order chi connectivity index (χ1) is 14.0. The third kappa shape index (κ3) is 4.06. The van der Waals surface area contributed by atoms with Crippen LogP contribution in [-0.2, 0) is 6.42 Å². The third-order valence-corrected chi connectivity index (χ3v) is 5.30. The Morgan fingerprint density at radius 1 is 1.10 bits per heavy atom. The molecule has 1 aliphatic rings. The number of hydrogen-bond acceptors (Lipinski definition) is 6. The SMILES string of the molecule is COc1ccc2c(c1)CC(CCNc1cc(-c3cccc(C)c3C)nc(N)n1)=N2. The van der Waals surface area contributed by atoms with Crippen LogP contribution in [0.2, 0.25) is 0 Å². The van der Waals surface area contributed by atoms with Crippen molar-refractivity contribution in [1.82, 2.24) is 9.97 Å². The standard InChI is InChI=1S/C23H25N5O/c1-14-5-4-6-19(15(14)2)21-13-22(28-23(24)27-21)25-10-9-17-11-16-12-18(29-3)7-8-20(16)26-17/h4-8,12-13H,9-11H2,1-3H3,(H3,24,25,27,28). The van der Waals surface area contributed by atoms with Crippen LogP contribution in [0.15, 0.2) is 47.5 Å². The molecular formula is C23H25N5O. The smallest absolute Gasteiger partial charge is 0.222 e. The molecule has 4 rings (SSSR count). The second kappa shape index (κ2) is 7.91. The number of nitrogens with one attached hydrogen (secondary N) is 1. The molecule has 0 spiro atoms. The molecule has 1 aromatic heterocycles. The number of rotatable bonds is 6. The second-order valence-corrected chi connectivity index (χ2v) is 7.27. The maximum atomic E-state index is 5.97. The van der Waals surface area contributed by atoms with E-state index >= 15 is 0 Å². The average molecular weight is 387 g/mol. The van der Waals surface area contributed by atoms with E-state index in [1.165, 1.54) is 16.7 Å². The van der Waals surface area contributed by atoms with Gasteiger partial charge < -0.3 is 15.8 Å². The van der Waals surface area contributed by atoms with Crippen molar-refractivity contribution in [2.75, 3.05) is 24.7 Å². The number of aromatic nitrogens is 2. The second-order valence-electron chi connectivity index (χ2n) is 7.27. The van der Waals surface area contributed by atoms with E-state index in [-0.39, 0.29) is 5.95 Å². The Morgan fingerprint density at radius 3 is 2.79 bits per heavy atom. The predicted molar refractivity (Wildman–Crippen MR) is 118 cm³/mol. The van der Waals surface area contributed by atoms with Gasteiger partial charge in [0.05, 0.1) is 18.5 Å². The highest BCUT2D eigenvalue weighted by Gasteiger charge is 2.15. The number of anilines is 2. The summed E-state index contributed by atoms with van der Waals surface area (Å²) in [5, 5.41) is 3.37. The van der Waals surface area contributed by atoms with Gasteiger partial charge in [-0.25, -0.2) is 4.98 Å². The molecule has 0 saturated carbocycles. The zero-order valence-electron chi connectivity index (χ0n) is 17.0. The van der Waals surface area contributed by atoms with Crippen LogP contribution in [0.5, 0.6) is 5.75 Å². The third-order valence-electron chi connectivity index (χ3n) is 5.30. The monoisotopic (exact) mass is 387 g/mol. The number of nitrogens with zero attached hydrogens (tertiary/aromatic N) is 3. The summed E-state index contributed by atoms with van der Waals surface area (Å²) in [4.78, 5) is 13.5. The summed E-state index contributed by atoms with van der Waals surface area (Å²) in [6.07, 6.45) is 1.69. The molecule has 3 N–H and O–H groups in total. The highest BCUT2D eigenvalue weighted by Crippen LogP contribution is 2.31. The van der Waals surface area contributed by atoms with Crippen LogP contribution in [0.25, 0.3) is 11.3 Å². The molecule has 3 aromatic rings. The quantitative estimate of drug-likeness (QED) is 0.651. The average Bonchev–Trinajstić information content (AvgIpc) is 3.11. The summed E-state index contributed by atoms with van der Waals surface area (Å²) in [7, 11) is 1.68. The van der Waals surface area contributed by atoms with Crippen molar-refractivity contribution < 1.29 is 4.74 Å². The molecule has 0 unspecified atom stereocenters. The fraction of sp³-hybridized carbons (Fsp3) is 0.261. The number of nitrogen functional groups attached to an aromatic ring is 1. The van der Waals surface area contributed by atoms with Crippen LogP contribution in [-0.4, -0.2) is 29.3 Å². The lowest BCUT2D eigenvalue weighted by molar-refractivity contribution is 0.414. The van der Waals surface area contributed by atoms with E-state index in [2.05, 4.69) is 47.3 Å². The van der Waals surface area contributed by atoms with Gasteiger partial charge in [-0.2, -0.15) is 4.98 Å². The van der Waals surface area contributed by atoms with Crippen LogP contribution in [0, 0.1) is 13.8 Å². The van der Waals surface area contributed by atoms with Crippen molar-refractivity contribution in [2.24, 2.45) is 4.99 Å². The van der Waals surface area contributed by atoms with E-state index in [1.54, 1.807) is 7.11 Å². The van der Waals surface area contributed by atoms with Crippen molar-refractivity contribution in [1.29, 1.82) is 0 Å². The van der Waals surface area contributed by atoms with Gasteiger partial charge in [-0.3, -0.25) is 4.99 Å². The number of nitrogens with two attached hydrogens (primary N) is 1. The summed E-state index contributed by atoms with van der Waals surface area (Å²) in [5.74, 6) is 1.86. The molecule has 6 heteroatoms. The van der Waals surface area contributed by atoms with E-state index in [1.807, 2.05) is 24.3 Å². The number of fused-ring (bicyclic) bond motifs is 1. The van der Waals surface area contributed by atoms with Gasteiger partial charge in [0.25, 0.3) is 0 Å². The first-order valence-corrected chi connectivity index (χ1v) is 9.72. The lowest BCUT2D eigenvalue weighted by Gasteiger charge is -2.11. The minimum atomic E-state index is 0.267. The molecule has 0 saturated heterocycles. The Morgan fingerprint density at radius 2 is 1.97 bits per heavy atom. The molecular weight excluding hydrogens is 362 g/mol. The zero-order chi connectivity index (χ0) is 20.4. The highest BCUT2D eigenvalue weighted by molar-refractivity contribution is 5.94. The fourth-order valence-corrected chi connectivity index (χ4v) is 3.57. The molecule has 0 fully saturated rings. The van der Waals surface area contributed by atoms with Gasteiger partial charge in [0.2, 0.25) is 5.95 Å². The van der Waals surface area contributed by atoms with Gasteiger partial charge in [-0.15, -0.1) is 0 Å². The molecule has 0 radical (unpaired) electrons. The van der Waals surface area contributed by atoms with Crippen LogP contribution in [0.1, 0.15) is 23.1 Å². The fourth-order valence-electron chi connectivity index (χ4n) is 3.57. The summed E-state index contributed by atoms with van der Waals surface area (Å²) >= 11 is 0. The van der Waals surface area contributed by atoms with E-state index in [0.29, 0.717) is 0 Å². The van der Waals surface area contributed by atoms with Gasteiger partial charge in [0, 0.05) is 36.7 Å². The molecule has 0 amide bonds. The number of aryl methyl sites for hydroxylation is 1. The Kier molecular flexibility index (Phi) is 5.16. The maximum Gasteiger partial charge on any atom is 0.222 e. The van der Waals surface area contributed by atoms with Crippen LogP contribution >= 0.6 is 0 Å². The Hall–Kier alpha value is -3.41. The summed E-state index contributed by atoms with van der Waals surface area (Å²) < 4.78 is 5.30. The topological polar surface area (TPSA) is 85.4 Å². The maximum absolute atomic E-state index is 5.97. The first-order valence-electron chi connectivity index (χ1n) is 9.72. The summed E-state index contributed by atoms with van der Waals surface area (Å²) in [6.45, 7) is 4.92. The zero-order valence-corrected chi connectivity index (χ0v) is 17.0. The normalized spacial score (nSPS) is 12.4. The first kappa shape index (κ1) is 18.9. The van der Waals surface area contributed by atoms with Gasteiger partial charge >= 0.3 is 0 Å². The molecule has 6 nitrogen and oxygen atoms in total. The van der Waals surface area contributed by atoms with Crippen molar-refractivity contribution >= 4 is 23.2 Å². The largest absolute Gasteiger partial charge is 0.497 e. The van der Waals surface area contributed by atoms with Gasteiger partial charge in [-0.05, 0) is 48.7 Å². The molecule has 0 atom stereocenters. The predicted octanol–water partition coefficient (Wildman–Crippen LogP) is 4.48. The number of aliphatic imine (C=N–C) groups is 1. The molecule has 2 aromatic carbocycles. The molecule has 0 aliphatic carbocycles. The van der Waals surface area contributed by atoms with Crippen molar-refractivity contribution in [2.45, 2.75) is 26.7 Å². The van der Waals surface area contributed by atoms with Crippen LogP contribution < -0.4 is 15.8 Å². The number of methoxy groups -OCH3 is 1. The number of hydrogen-bond donors (Lipinski definition) is 2. The minimum Gasteiger partial charge on any atom is -0.497 e. The number of ether oxygens (including phenoxy) is 1. The highest BCUT2D eigenvalue weighted by atomic mass is 16.5. The van der Waals surface area contributed by atoms with Crippen molar-refractivity contribution in [3.05, 3.63) is 59.2 Å². The number of benzene rings is 2. The molecule has 1 aliphatic heterocycles. The van der Waals surface area contributed by atoms with Crippen molar-refractivity contribution in [3.63, 3.8) is 0 Å². The summed E-state index contributed by atoms with van der Waals surface area (Å²) in [5.41, 5.74) is 13.7. The molecule has 29 heavy (non-hydrogen) atoms. The molecule has 0 bridgehead atoms. The lowest BCUT2D eigenvalue weighted by atomic mass is 10.0. The van der Waals surface area contributed by atoms with Gasteiger partial charge in [-0.1, -0.05) is 18.2 Å². The van der Waals surface area contributed by atoms with Gasteiger partial charge in [0.15, 0.2) is 0 Å². The van der Waals surface area contributed by atoms with Crippen molar-refractivity contribution in [3.8, 4) is 17.0 Å². The van der Waals surface area contributed by atoms with Gasteiger partial charge in [0.1, 0.15) is 11.6 Å². The molecule has 148 valence electrons. The van der Waals surface area contributed by atoms with Crippen LogP contribution in [0.3, 0.4) is 0 Å². The van der Waals surface area contributed by atoms with E-state index in [4.69, 9.17) is 15.5 Å². The summed E-state index contributed by atoms with van der Waals surface area (Å²) in [6, 6.07) is 14.2. The minimum absolute atomic E-state index is 0.267. The van der Waals surface area contributed by atoms with E-state index < -0.39 is 0 Å². The Balaban J connectivity index is 1.43. The van der Waals surface area contributed by atoms with E-state index in [9.17, 15) is 0 Å².